The van der Waals surface area contributed by atoms with Crippen molar-refractivity contribution in [1.82, 2.24) is 0 Å². The number of carboxylic acids is 1. The third kappa shape index (κ3) is 5.91. The van der Waals surface area contributed by atoms with E-state index in [9.17, 15) is 15.0 Å². The van der Waals surface area contributed by atoms with Crippen molar-refractivity contribution < 1.29 is 20.1 Å². The molecule has 4 aliphatic carbocycles. The van der Waals surface area contributed by atoms with Crippen LogP contribution in [-0.2, 0) is 4.79 Å². The molecule has 4 rings (SSSR count). The summed E-state index contributed by atoms with van der Waals surface area (Å²) in [6.07, 6.45) is 20.7. The van der Waals surface area contributed by atoms with Gasteiger partial charge in [0, 0.05) is 6.42 Å². The van der Waals surface area contributed by atoms with Gasteiger partial charge in [-0.05, 0) is 112 Å². The Hall–Kier alpha value is -0.870. The maximum atomic E-state index is 10.9. The number of allylic oxidation sites excluding steroid dienone is 1. The molecule has 0 bridgehead atoms. The average molecular weight is 477 g/mol. The van der Waals surface area contributed by atoms with E-state index in [2.05, 4.69) is 20.4 Å². The van der Waals surface area contributed by atoms with Gasteiger partial charge in [0.1, 0.15) is 0 Å². The highest BCUT2D eigenvalue weighted by molar-refractivity contribution is 5.66. The van der Waals surface area contributed by atoms with Gasteiger partial charge in [-0.3, -0.25) is 4.79 Å². The number of rotatable bonds is 9. The van der Waals surface area contributed by atoms with Crippen molar-refractivity contribution in [3.63, 3.8) is 0 Å². The summed E-state index contributed by atoms with van der Waals surface area (Å²) in [6.45, 7) is 8.62. The molecule has 4 heteroatoms. The molecule has 196 valence electrons. The van der Waals surface area contributed by atoms with E-state index in [1.807, 2.05) is 6.08 Å². The van der Waals surface area contributed by atoms with Crippen molar-refractivity contribution in [3.8, 4) is 0 Å². The Kier molecular flexibility index (Phi) is 10.1. The summed E-state index contributed by atoms with van der Waals surface area (Å²) in [6, 6.07) is 0. The smallest absolute Gasteiger partial charge is 0.303 e. The van der Waals surface area contributed by atoms with Crippen LogP contribution < -0.4 is 0 Å². The number of aliphatic hydroxyl groups excluding tert-OH is 2. The van der Waals surface area contributed by atoms with E-state index in [-0.39, 0.29) is 17.6 Å². The van der Waals surface area contributed by atoms with Crippen LogP contribution in [0.15, 0.2) is 12.7 Å². The molecule has 0 spiro atoms. The van der Waals surface area contributed by atoms with Crippen LogP contribution in [0.25, 0.3) is 0 Å². The molecule has 34 heavy (non-hydrogen) atoms. The zero-order valence-corrected chi connectivity index (χ0v) is 22.0. The lowest BCUT2D eigenvalue weighted by molar-refractivity contribution is -0.140. The second kappa shape index (κ2) is 12.4. The Labute approximate surface area is 208 Å². The minimum atomic E-state index is -0.670. The lowest BCUT2D eigenvalue weighted by Gasteiger charge is -2.61. The average Bonchev–Trinajstić information content (AvgIpc) is 3.15. The number of aliphatic carboxylic acids is 1. The number of carboxylic acid groups (broad SMARTS) is 1. The quantitative estimate of drug-likeness (QED) is 0.244. The fourth-order valence-corrected chi connectivity index (χ4v) is 8.75. The van der Waals surface area contributed by atoms with E-state index < -0.39 is 5.97 Å². The molecular weight excluding hydrogens is 424 g/mol. The van der Waals surface area contributed by atoms with Gasteiger partial charge in [0.2, 0.25) is 0 Å². The van der Waals surface area contributed by atoms with Crippen molar-refractivity contribution in [2.24, 2.45) is 34.5 Å². The number of carbonyl (C=O) groups is 1. The molecule has 0 aromatic heterocycles. The molecule has 3 N–H and O–H groups in total. The minimum Gasteiger partial charge on any atom is -0.481 e. The van der Waals surface area contributed by atoms with Crippen molar-refractivity contribution in [2.75, 3.05) is 0 Å². The van der Waals surface area contributed by atoms with Crippen molar-refractivity contribution >= 4 is 5.97 Å². The monoisotopic (exact) mass is 476 g/mol. The standard InChI is InChI=1S/C22H36O2.C8H16O2/c1-3-4-11-22-13-10-18-17(19(22)7-8-20(22)24)6-5-15-14-16(23)9-12-21(15,18)2;1-2-3-4-5-6-7-8(9)10/h3,15-20,23-24H,1,4-14H2,2H3;2-7H2,1H3,(H,9,10)/t15-,16?,17+,18-,19-,20-,21-,22-;/m0./s1. The van der Waals surface area contributed by atoms with Gasteiger partial charge in [-0.1, -0.05) is 45.6 Å². The number of aliphatic hydroxyl groups is 2. The molecule has 0 radical (unpaired) electrons. The zero-order chi connectivity index (χ0) is 24.8. The molecular formula is C30H52O4. The van der Waals surface area contributed by atoms with Gasteiger partial charge in [0.15, 0.2) is 0 Å². The van der Waals surface area contributed by atoms with Crippen molar-refractivity contribution in [3.05, 3.63) is 12.7 Å². The second-order valence-electron chi connectivity index (χ2n) is 12.3. The molecule has 8 atom stereocenters. The number of fused-ring (bicyclic) bond motifs is 5. The maximum Gasteiger partial charge on any atom is 0.303 e. The first-order valence-corrected chi connectivity index (χ1v) is 14.5. The highest BCUT2D eigenvalue weighted by Gasteiger charge is 2.61. The zero-order valence-electron chi connectivity index (χ0n) is 22.0. The summed E-state index contributed by atoms with van der Waals surface area (Å²) in [5.74, 6) is 2.44. The van der Waals surface area contributed by atoms with Gasteiger partial charge in [0.05, 0.1) is 12.2 Å². The Morgan fingerprint density at radius 1 is 0.971 bits per heavy atom. The van der Waals surface area contributed by atoms with Gasteiger partial charge in [-0.25, -0.2) is 0 Å². The normalized spacial score (nSPS) is 40.8. The van der Waals surface area contributed by atoms with Crippen LogP contribution in [0.4, 0.5) is 0 Å². The molecule has 4 aliphatic rings. The van der Waals surface area contributed by atoms with Gasteiger partial charge >= 0.3 is 5.97 Å². The van der Waals surface area contributed by atoms with Gasteiger partial charge < -0.3 is 15.3 Å². The Morgan fingerprint density at radius 2 is 1.74 bits per heavy atom. The Morgan fingerprint density at radius 3 is 2.44 bits per heavy atom. The second-order valence-corrected chi connectivity index (χ2v) is 12.3. The number of unbranched alkanes of at least 4 members (excludes halogenated alkanes) is 4. The molecule has 0 aromatic carbocycles. The van der Waals surface area contributed by atoms with E-state index in [1.165, 1.54) is 57.8 Å². The van der Waals surface area contributed by atoms with Crippen LogP contribution in [0.5, 0.6) is 0 Å². The highest BCUT2D eigenvalue weighted by atomic mass is 16.4. The lowest BCUT2D eigenvalue weighted by Crippen LogP contribution is -2.55. The number of hydrogen-bond acceptors (Lipinski definition) is 3. The summed E-state index contributed by atoms with van der Waals surface area (Å²) >= 11 is 0. The van der Waals surface area contributed by atoms with Gasteiger partial charge in [-0.15, -0.1) is 6.58 Å². The van der Waals surface area contributed by atoms with Crippen molar-refractivity contribution in [2.45, 2.75) is 135 Å². The van der Waals surface area contributed by atoms with Crippen LogP contribution in [0.3, 0.4) is 0 Å². The third-order valence-corrected chi connectivity index (χ3v) is 10.6. The van der Waals surface area contributed by atoms with E-state index in [1.54, 1.807) is 0 Å². The van der Waals surface area contributed by atoms with E-state index >= 15 is 0 Å². The highest BCUT2D eigenvalue weighted by Crippen LogP contribution is 2.67. The van der Waals surface area contributed by atoms with Gasteiger partial charge in [0.25, 0.3) is 0 Å². The summed E-state index contributed by atoms with van der Waals surface area (Å²) < 4.78 is 0. The molecule has 4 saturated carbocycles. The SMILES string of the molecule is C=CCC[C@]12CC[C@H]3[C@@H](CC[C@H]4CC(O)CC[C@@]43C)[C@@H]1CC[C@@H]2O.CCCCCCCC(=O)O. The first kappa shape index (κ1) is 27.7. The molecule has 4 nitrogen and oxygen atoms in total. The van der Waals surface area contributed by atoms with E-state index in [4.69, 9.17) is 5.11 Å². The molecule has 4 fully saturated rings. The van der Waals surface area contributed by atoms with Gasteiger partial charge in [-0.2, -0.15) is 0 Å². The molecule has 0 aliphatic heterocycles. The molecule has 0 amide bonds. The summed E-state index contributed by atoms with van der Waals surface area (Å²) in [5.41, 5.74) is 0.632. The summed E-state index contributed by atoms with van der Waals surface area (Å²) in [4.78, 5) is 10.0. The maximum absolute atomic E-state index is 10.9. The van der Waals surface area contributed by atoms with Crippen molar-refractivity contribution in [1.29, 1.82) is 0 Å². The first-order valence-electron chi connectivity index (χ1n) is 14.5. The van der Waals surface area contributed by atoms with Crippen LogP contribution in [0.1, 0.15) is 123 Å². The molecule has 0 heterocycles. The Balaban J connectivity index is 0.000000277. The summed E-state index contributed by atoms with van der Waals surface area (Å²) in [5, 5.41) is 29.3. The van der Waals surface area contributed by atoms with Crippen LogP contribution in [0.2, 0.25) is 0 Å². The lowest BCUT2D eigenvalue weighted by atomic mass is 9.44. The van der Waals surface area contributed by atoms with E-state index in [0.717, 1.165) is 68.6 Å². The molecule has 1 unspecified atom stereocenters. The first-order chi connectivity index (χ1) is 16.3. The fourth-order valence-electron chi connectivity index (χ4n) is 8.75. The Bertz CT molecular complexity index is 662. The summed E-state index contributed by atoms with van der Waals surface area (Å²) in [7, 11) is 0. The van der Waals surface area contributed by atoms with Crippen LogP contribution >= 0.6 is 0 Å². The largest absolute Gasteiger partial charge is 0.481 e. The van der Waals surface area contributed by atoms with Crippen LogP contribution in [-0.4, -0.2) is 33.5 Å². The molecule has 0 aromatic rings. The molecule has 0 saturated heterocycles. The topological polar surface area (TPSA) is 77.8 Å². The van der Waals surface area contributed by atoms with Crippen LogP contribution in [0, 0.1) is 34.5 Å². The fraction of sp³-hybridized carbons (Fsp3) is 0.900. The predicted molar refractivity (Wildman–Crippen MR) is 139 cm³/mol. The predicted octanol–water partition coefficient (Wildman–Crippen LogP) is 7.13. The minimum absolute atomic E-state index is 0.0526. The third-order valence-electron chi connectivity index (χ3n) is 10.6. The number of hydrogen-bond donors (Lipinski definition) is 3. The van der Waals surface area contributed by atoms with E-state index in [0.29, 0.717) is 11.8 Å².